The van der Waals surface area contributed by atoms with Crippen LogP contribution in [-0.4, -0.2) is 11.9 Å². The SMILES string of the molecule is NC(=O)c1ccccc1NC(=O)Nc1ccc(-c2ccccc2)cc1. The van der Waals surface area contributed by atoms with Gasteiger partial charge in [-0.25, -0.2) is 4.79 Å². The van der Waals surface area contributed by atoms with E-state index in [2.05, 4.69) is 10.6 Å². The zero-order chi connectivity index (χ0) is 17.6. The predicted molar refractivity (Wildman–Crippen MR) is 99.5 cm³/mol. The standard InChI is InChI=1S/C20H17N3O2/c21-19(24)17-8-4-5-9-18(17)23-20(25)22-16-12-10-15(11-13-16)14-6-2-1-3-7-14/h1-13H,(H2,21,24)(H2,22,23,25). The van der Waals surface area contributed by atoms with E-state index in [-0.39, 0.29) is 5.56 Å². The smallest absolute Gasteiger partial charge is 0.323 e. The van der Waals surface area contributed by atoms with Crippen LogP contribution in [-0.2, 0) is 0 Å². The molecule has 0 aromatic heterocycles. The molecule has 124 valence electrons. The molecule has 3 aromatic rings. The summed E-state index contributed by atoms with van der Waals surface area (Å²) in [5.74, 6) is -0.594. The summed E-state index contributed by atoms with van der Waals surface area (Å²) in [4.78, 5) is 23.5. The van der Waals surface area contributed by atoms with Crippen LogP contribution >= 0.6 is 0 Å². The normalized spacial score (nSPS) is 10.1. The number of carbonyl (C=O) groups excluding carboxylic acids is 2. The molecule has 5 heteroatoms. The minimum atomic E-state index is -0.594. The highest BCUT2D eigenvalue weighted by Crippen LogP contribution is 2.21. The van der Waals surface area contributed by atoms with Crippen LogP contribution in [0.1, 0.15) is 10.4 Å². The van der Waals surface area contributed by atoms with Crippen LogP contribution in [0.2, 0.25) is 0 Å². The molecule has 0 atom stereocenters. The number of hydrogen-bond donors (Lipinski definition) is 3. The molecule has 0 aliphatic heterocycles. The zero-order valence-electron chi connectivity index (χ0n) is 13.4. The van der Waals surface area contributed by atoms with Crippen molar-refractivity contribution in [3.05, 3.63) is 84.4 Å². The molecule has 0 radical (unpaired) electrons. The lowest BCUT2D eigenvalue weighted by atomic mass is 10.1. The average Bonchev–Trinajstić information content (AvgIpc) is 2.63. The Morgan fingerprint density at radius 3 is 1.96 bits per heavy atom. The third kappa shape index (κ3) is 4.03. The van der Waals surface area contributed by atoms with Gasteiger partial charge in [-0.3, -0.25) is 4.79 Å². The van der Waals surface area contributed by atoms with Crippen LogP contribution < -0.4 is 16.4 Å². The Labute approximate surface area is 145 Å². The van der Waals surface area contributed by atoms with Gasteiger partial charge in [-0.1, -0.05) is 54.6 Å². The van der Waals surface area contributed by atoms with Gasteiger partial charge < -0.3 is 16.4 Å². The van der Waals surface area contributed by atoms with Gasteiger partial charge in [0, 0.05) is 5.69 Å². The van der Waals surface area contributed by atoms with E-state index >= 15 is 0 Å². The highest BCUT2D eigenvalue weighted by atomic mass is 16.2. The molecule has 0 unspecified atom stereocenters. The summed E-state index contributed by atoms with van der Waals surface area (Å²) in [5.41, 5.74) is 8.75. The largest absolute Gasteiger partial charge is 0.366 e. The van der Waals surface area contributed by atoms with Gasteiger partial charge >= 0.3 is 6.03 Å². The van der Waals surface area contributed by atoms with Gasteiger partial charge in [0.2, 0.25) is 0 Å². The number of para-hydroxylation sites is 1. The molecule has 25 heavy (non-hydrogen) atoms. The van der Waals surface area contributed by atoms with Crippen molar-refractivity contribution < 1.29 is 9.59 Å². The van der Waals surface area contributed by atoms with Crippen LogP contribution in [0.25, 0.3) is 11.1 Å². The van der Waals surface area contributed by atoms with Crippen LogP contribution in [0.4, 0.5) is 16.2 Å². The highest BCUT2D eigenvalue weighted by Gasteiger charge is 2.10. The van der Waals surface area contributed by atoms with Gasteiger partial charge in [0.25, 0.3) is 5.91 Å². The number of urea groups is 1. The Bertz CT molecular complexity index is 890. The molecule has 0 aliphatic carbocycles. The number of primary amides is 1. The fraction of sp³-hybridized carbons (Fsp3) is 0. The molecule has 0 fully saturated rings. The zero-order valence-corrected chi connectivity index (χ0v) is 13.4. The van der Waals surface area contributed by atoms with E-state index in [1.54, 1.807) is 24.3 Å². The van der Waals surface area contributed by atoms with Crippen molar-refractivity contribution in [2.75, 3.05) is 10.6 Å². The van der Waals surface area contributed by atoms with E-state index < -0.39 is 11.9 Å². The second-order valence-electron chi connectivity index (χ2n) is 5.43. The summed E-state index contributed by atoms with van der Waals surface area (Å²) in [7, 11) is 0. The Balaban J connectivity index is 1.69. The lowest BCUT2D eigenvalue weighted by Crippen LogP contribution is -2.22. The molecule has 4 N–H and O–H groups in total. The Morgan fingerprint density at radius 2 is 1.28 bits per heavy atom. The third-order valence-corrected chi connectivity index (χ3v) is 3.69. The van der Waals surface area contributed by atoms with Crippen LogP contribution in [0.15, 0.2) is 78.9 Å². The van der Waals surface area contributed by atoms with Gasteiger partial charge in [0.1, 0.15) is 0 Å². The maximum Gasteiger partial charge on any atom is 0.323 e. The average molecular weight is 331 g/mol. The van der Waals surface area contributed by atoms with Gasteiger partial charge in [0.05, 0.1) is 11.3 Å². The topological polar surface area (TPSA) is 84.2 Å². The molecular formula is C20H17N3O2. The maximum absolute atomic E-state index is 12.1. The third-order valence-electron chi connectivity index (χ3n) is 3.69. The van der Waals surface area contributed by atoms with E-state index in [0.29, 0.717) is 11.4 Å². The maximum atomic E-state index is 12.1. The molecule has 0 aliphatic rings. The first-order valence-corrected chi connectivity index (χ1v) is 7.76. The van der Waals surface area contributed by atoms with Crippen molar-refractivity contribution in [2.45, 2.75) is 0 Å². The fourth-order valence-corrected chi connectivity index (χ4v) is 2.47. The molecule has 0 saturated heterocycles. The van der Waals surface area contributed by atoms with Gasteiger partial charge in [0.15, 0.2) is 0 Å². The molecule has 0 heterocycles. The summed E-state index contributed by atoms with van der Waals surface area (Å²) in [6.07, 6.45) is 0. The van der Waals surface area contributed by atoms with Gasteiger partial charge in [-0.2, -0.15) is 0 Å². The molecule has 3 rings (SSSR count). The number of rotatable bonds is 4. The highest BCUT2D eigenvalue weighted by molar-refractivity contribution is 6.06. The second kappa shape index (κ2) is 7.31. The Kier molecular flexibility index (Phi) is 4.76. The van der Waals surface area contributed by atoms with Gasteiger partial charge in [-0.15, -0.1) is 0 Å². The molecule has 3 amide bonds. The van der Waals surface area contributed by atoms with Crippen LogP contribution in [0, 0.1) is 0 Å². The summed E-state index contributed by atoms with van der Waals surface area (Å²) in [6, 6.07) is 23.6. The first-order chi connectivity index (χ1) is 12.1. The number of amides is 3. The van der Waals surface area contributed by atoms with E-state index in [9.17, 15) is 9.59 Å². The van der Waals surface area contributed by atoms with Crippen molar-refractivity contribution in [1.82, 2.24) is 0 Å². The molecule has 5 nitrogen and oxygen atoms in total. The first kappa shape index (κ1) is 16.3. The minimum absolute atomic E-state index is 0.261. The van der Waals surface area contributed by atoms with Crippen molar-refractivity contribution in [3.63, 3.8) is 0 Å². The summed E-state index contributed by atoms with van der Waals surface area (Å²) in [6.45, 7) is 0. The molecule has 0 saturated carbocycles. The number of nitrogens with two attached hydrogens (primary N) is 1. The molecular weight excluding hydrogens is 314 g/mol. The Morgan fingerprint density at radius 1 is 0.680 bits per heavy atom. The summed E-state index contributed by atoms with van der Waals surface area (Å²) in [5, 5.41) is 5.37. The Hall–Kier alpha value is -3.60. The lowest BCUT2D eigenvalue weighted by molar-refractivity contribution is 0.100. The van der Waals surface area contributed by atoms with Crippen molar-refractivity contribution in [3.8, 4) is 11.1 Å². The minimum Gasteiger partial charge on any atom is -0.366 e. The monoisotopic (exact) mass is 331 g/mol. The number of carbonyl (C=O) groups is 2. The number of anilines is 2. The quantitative estimate of drug-likeness (QED) is 0.672. The van der Waals surface area contributed by atoms with Crippen molar-refractivity contribution in [1.29, 1.82) is 0 Å². The van der Waals surface area contributed by atoms with Crippen LogP contribution in [0.3, 0.4) is 0 Å². The molecule has 0 spiro atoms. The second-order valence-corrected chi connectivity index (χ2v) is 5.43. The van der Waals surface area contributed by atoms with Crippen molar-refractivity contribution >= 4 is 23.3 Å². The first-order valence-electron chi connectivity index (χ1n) is 7.76. The molecule has 3 aromatic carbocycles. The van der Waals surface area contributed by atoms with E-state index in [0.717, 1.165) is 11.1 Å². The predicted octanol–water partition coefficient (Wildman–Crippen LogP) is 4.10. The number of nitrogens with one attached hydrogen (secondary N) is 2. The van der Waals surface area contributed by atoms with Gasteiger partial charge in [-0.05, 0) is 35.4 Å². The van der Waals surface area contributed by atoms with Crippen molar-refractivity contribution in [2.24, 2.45) is 5.73 Å². The summed E-state index contributed by atoms with van der Waals surface area (Å²) < 4.78 is 0. The number of benzene rings is 3. The van der Waals surface area contributed by atoms with E-state index in [1.165, 1.54) is 0 Å². The lowest BCUT2D eigenvalue weighted by Gasteiger charge is -2.10. The summed E-state index contributed by atoms with van der Waals surface area (Å²) >= 11 is 0. The molecule has 0 bridgehead atoms. The fourth-order valence-electron chi connectivity index (χ4n) is 2.47. The number of hydrogen-bond acceptors (Lipinski definition) is 2. The van der Waals surface area contributed by atoms with E-state index in [4.69, 9.17) is 5.73 Å². The van der Waals surface area contributed by atoms with Crippen LogP contribution in [0.5, 0.6) is 0 Å². The van der Waals surface area contributed by atoms with E-state index in [1.807, 2.05) is 54.6 Å².